The highest BCUT2D eigenvalue weighted by Gasteiger charge is 2.24. The van der Waals surface area contributed by atoms with Crippen molar-refractivity contribution in [2.75, 3.05) is 24.8 Å². The molecule has 1 amide bonds. The topological polar surface area (TPSA) is 121 Å². The van der Waals surface area contributed by atoms with Crippen molar-refractivity contribution in [2.24, 2.45) is 0 Å². The summed E-state index contributed by atoms with van der Waals surface area (Å²) in [7, 11) is 0.00853. The van der Waals surface area contributed by atoms with Gasteiger partial charge in [0.1, 0.15) is 12.4 Å². The number of rotatable bonds is 9. The van der Waals surface area contributed by atoms with Gasteiger partial charge in [-0.3, -0.25) is 15.1 Å². The maximum atomic E-state index is 13.3. The minimum atomic E-state index is -1.27. The Labute approximate surface area is 210 Å². The zero-order valence-corrected chi connectivity index (χ0v) is 22.3. The summed E-state index contributed by atoms with van der Waals surface area (Å²) in [5.41, 5.74) is 9.26. The number of hydrogen-bond donors (Lipinski definition) is 2. The summed E-state index contributed by atoms with van der Waals surface area (Å²) in [6.45, 7) is 9.44. The number of ketones is 1. The summed E-state index contributed by atoms with van der Waals surface area (Å²) in [5, 5.41) is 3.01. The van der Waals surface area contributed by atoms with Crippen molar-refractivity contribution in [2.45, 2.75) is 39.3 Å². The molecule has 3 rings (SSSR count). The van der Waals surface area contributed by atoms with Crippen LogP contribution in [0.15, 0.2) is 36.5 Å². The number of benzene rings is 1. The first-order valence-electron chi connectivity index (χ1n) is 11.1. The third-order valence-corrected chi connectivity index (χ3v) is 7.27. The van der Waals surface area contributed by atoms with Gasteiger partial charge in [0.2, 0.25) is 5.78 Å². The first-order valence-corrected chi connectivity index (χ1v) is 15.1. The molecule has 3 aromatic rings. The molecule has 0 radical (unpaired) electrons. The molecule has 0 fully saturated rings. The summed E-state index contributed by atoms with van der Waals surface area (Å²) in [6, 6.07) is 9.20. The molecule has 0 saturated carbocycles. The second-order valence-corrected chi connectivity index (χ2v) is 15.3. The van der Waals surface area contributed by atoms with Gasteiger partial charge in [0.25, 0.3) is 0 Å². The fourth-order valence-electron chi connectivity index (χ4n) is 3.30. The van der Waals surface area contributed by atoms with Crippen LogP contribution in [-0.2, 0) is 16.2 Å². The molecule has 0 aliphatic rings. The number of nitrogens with one attached hydrogen (secondary N) is 1. The quantitative estimate of drug-likeness (QED) is 0.173. The van der Waals surface area contributed by atoms with E-state index in [-0.39, 0.29) is 24.0 Å². The lowest BCUT2D eigenvalue weighted by atomic mass is 10.1. The molecule has 9 nitrogen and oxygen atoms in total. The van der Waals surface area contributed by atoms with Crippen molar-refractivity contribution >= 4 is 42.9 Å². The number of imidazole rings is 1. The Kier molecular flexibility index (Phi) is 8.31. The van der Waals surface area contributed by atoms with E-state index < -0.39 is 14.2 Å². The average Bonchev–Trinajstić information content (AvgIpc) is 3.12. The number of nitrogens with two attached hydrogens (primary N) is 1. The van der Waals surface area contributed by atoms with Crippen molar-refractivity contribution in [1.29, 1.82) is 0 Å². The minimum Gasteiger partial charge on any atom is -0.453 e. The van der Waals surface area contributed by atoms with Crippen LogP contribution in [0.3, 0.4) is 0 Å². The Morgan fingerprint density at radius 1 is 1.20 bits per heavy atom. The van der Waals surface area contributed by atoms with Crippen LogP contribution in [0.2, 0.25) is 30.7 Å². The second kappa shape index (κ2) is 11.0. The maximum Gasteiger partial charge on any atom is 0.411 e. The molecular formula is C24H30ClN5O4Si. The lowest BCUT2D eigenvalue weighted by Crippen LogP contribution is -2.22. The number of amides is 1. The summed E-state index contributed by atoms with van der Waals surface area (Å²) >= 11 is 5.94. The monoisotopic (exact) mass is 515 g/mol. The van der Waals surface area contributed by atoms with Gasteiger partial charge in [0, 0.05) is 43.5 Å². The molecule has 0 bridgehead atoms. The van der Waals surface area contributed by atoms with Crippen LogP contribution in [-0.4, -0.2) is 48.2 Å². The van der Waals surface area contributed by atoms with Crippen LogP contribution in [0.5, 0.6) is 0 Å². The van der Waals surface area contributed by atoms with Crippen LogP contribution < -0.4 is 11.1 Å². The summed E-state index contributed by atoms with van der Waals surface area (Å²) in [5.74, 6) is -0.163. The SMILES string of the molecule is COC(=O)Nc1ccc(-c2nc(C(=O)c3ccc(Cl)cn3)n(COCC[Si](C)(C)C)c2C)c(N)c1. The smallest absolute Gasteiger partial charge is 0.411 e. The van der Waals surface area contributed by atoms with Gasteiger partial charge >= 0.3 is 6.09 Å². The van der Waals surface area contributed by atoms with E-state index in [0.717, 1.165) is 11.7 Å². The Bertz CT molecular complexity index is 1220. The van der Waals surface area contributed by atoms with E-state index in [1.165, 1.54) is 13.3 Å². The van der Waals surface area contributed by atoms with Gasteiger partial charge in [-0.15, -0.1) is 0 Å². The van der Waals surface area contributed by atoms with Crippen LogP contribution in [0, 0.1) is 6.92 Å². The first-order chi connectivity index (χ1) is 16.5. The zero-order valence-electron chi connectivity index (χ0n) is 20.5. The molecule has 2 aromatic heterocycles. The van der Waals surface area contributed by atoms with E-state index in [1.807, 2.05) is 6.92 Å². The average molecular weight is 516 g/mol. The largest absolute Gasteiger partial charge is 0.453 e. The molecule has 2 heterocycles. The standard InChI is InChI=1S/C24H30ClN5O4Si/c1-15-21(18-8-7-17(12-19(18)26)28-24(32)33-2)29-23(22(31)20-9-6-16(25)13-27-20)30(15)14-34-10-11-35(3,4)5/h6-9,12-13H,10-11,14,26H2,1-5H3,(H,28,32). The van der Waals surface area contributed by atoms with E-state index in [1.54, 1.807) is 34.9 Å². The van der Waals surface area contributed by atoms with Gasteiger partial charge in [-0.1, -0.05) is 31.2 Å². The molecule has 11 heteroatoms. The fraction of sp³-hybridized carbons (Fsp3) is 0.333. The molecule has 0 unspecified atom stereocenters. The van der Waals surface area contributed by atoms with E-state index in [9.17, 15) is 9.59 Å². The molecule has 186 valence electrons. The minimum absolute atomic E-state index is 0.167. The lowest BCUT2D eigenvalue weighted by Gasteiger charge is -2.16. The number of aromatic nitrogens is 3. The summed E-state index contributed by atoms with van der Waals surface area (Å²) < 4.78 is 12.3. The van der Waals surface area contributed by atoms with Crippen LogP contribution in [0.25, 0.3) is 11.3 Å². The summed E-state index contributed by atoms with van der Waals surface area (Å²) in [4.78, 5) is 33.6. The van der Waals surface area contributed by atoms with E-state index >= 15 is 0 Å². The van der Waals surface area contributed by atoms with Crippen molar-refractivity contribution in [3.8, 4) is 11.3 Å². The van der Waals surface area contributed by atoms with Crippen molar-refractivity contribution in [1.82, 2.24) is 14.5 Å². The molecule has 35 heavy (non-hydrogen) atoms. The third-order valence-electron chi connectivity index (χ3n) is 5.34. The van der Waals surface area contributed by atoms with Gasteiger partial charge in [0.15, 0.2) is 5.82 Å². The van der Waals surface area contributed by atoms with Gasteiger partial charge in [-0.05, 0) is 43.3 Å². The van der Waals surface area contributed by atoms with Crippen molar-refractivity contribution in [3.63, 3.8) is 0 Å². The number of nitrogens with zero attached hydrogens (tertiary/aromatic N) is 3. The van der Waals surface area contributed by atoms with Gasteiger partial charge in [-0.25, -0.2) is 9.78 Å². The molecular weight excluding hydrogens is 486 g/mol. The van der Waals surface area contributed by atoms with Crippen LogP contribution in [0.4, 0.5) is 16.2 Å². The molecule has 0 saturated heterocycles. The lowest BCUT2D eigenvalue weighted by molar-refractivity contribution is 0.0800. The molecule has 3 N–H and O–H groups in total. The Morgan fingerprint density at radius 3 is 2.54 bits per heavy atom. The van der Waals surface area contributed by atoms with E-state index in [2.05, 4.69) is 39.7 Å². The fourth-order valence-corrected chi connectivity index (χ4v) is 4.17. The van der Waals surface area contributed by atoms with Crippen molar-refractivity contribution < 1.29 is 19.1 Å². The van der Waals surface area contributed by atoms with Crippen LogP contribution >= 0.6 is 11.6 Å². The number of nitrogen functional groups attached to an aromatic ring is 1. The van der Waals surface area contributed by atoms with Crippen LogP contribution in [0.1, 0.15) is 22.0 Å². The van der Waals surface area contributed by atoms with Gasteiger partial charge in [0.05, 0.1) is 17.8 Å². The highest BCUT2D eigenvalue weighted by molar-refractivity contribution is 6.76. The number of halogens is 1. The number of pyridine rings is 1. The first kappa shape index (κ1) is 26.4. The van der Waals surface area contributed by atoms with E-state index in [4.69, 9.17) is 22.1 Å². The predicted octanol–water partition coefficient (Wildman–Crippen LogP) is 5.21. The zero-order chi connectivity index (χ0) is 25.8. The van der Waals surface area contributed by atoms with Crippen molar-refractivity contribution in [3.05, 3.63) is 58.8 Å². The van der Waals surface area contributed by atoms with Gasteiger partial charge < -0.3 is 19.8 Å². The Balaban J connectivity index is 1.99. The number of methoxy groups -OCH3 is 1. The predicted molar refractivity (Wildman–Crippen MR) is 140 cm³/mol. The number of anilines is 2. The molecule has 0 aliphatic carbocycles. The Hall–Kier alpha value is -3.21. The molecule has 0 aliphatic heterocycles. The molecule has 0 spiro atoms. The van der Waals surface area contributed by atoms with Gasteiger partial charge in [-0.2, -0.15) is 0 Å². The maximum absolute atomic E-state index is 13.3. The molecule has 1 aromatic carbocycles. The highest BCUT2D eigenvalue weighted by atomic mass is 35.5. The number of hydrogen-bond acceptors (Lipinski definition) is 7. The number of ether oxygens (including phenoxy) is 2. The third kappa shape index (κ3) is 6.68. The normalized spacial score (nSPS) is 11.4. The second-order valence-electron chi connectivity index (χ2n) is 9.25. The summed E-state index contributed by atoms with van der Waals surface area (Å²) in [6.07, 6.45) is 0.821. The number of carbonyl (C=O) groups excluding carboxylic acids is 2. The highest BCUT2D eigenvalue weighted by Crippen LogP contribution is 2.31. The van der Waals surface area contributed by atoms with E-state index in [0.29, 0.717) is 34.3 Å². The Morgan fingerprint density at radius 2 is 1.94 bits per heavy atom. The molecule has 0 atom stereocenters. The number of carbonyl (C=O) groups is 2.